The van der Waals surface area contributed by atoms with Crippen molar-refractivity contribution in [3.63, 3.8) is 0 Å². The minimum Gasteiger partial charge on any atom is -0.338 e. The highest BCUT2D eigenvalue weighted by Crippen LogP contribution is 2.22. The molecule has 0 aliphatic carbocycles. The monoisotopic (exact) mass is 364 g/mol. The van der Waals surface area contributed by atoms with Gasteiger partial charge < -0.3 is 10.2 Å². The summed E-state index contributed by atoms with van der Waals surface area (Å²) >= 11 is 0. The first-order valence-corrected chi connectivity index (χ1v) is 9.71. The summed E-state index contributed by atoms with van der Waals surface area (Å²) in [4.78, 5) is 27.3. The third-order valence-electron chi connectivity index (χ3n) is 5.19. The summed E-state index contributed by atoms with van der Waals surface area (Å²) in [6.07, 6.45) is 1.66. The zero-order valence-corrected chi connectivity index (χ0v) is 16.4. The van der Waals surface area contributed by atoms with Crippen LogP contribution in [0.5, 0.6) is 0 Å². The fourth-order valence-electron chi connectivity index (χ4n) is 3.53. The maximum absolute atomic E-state index is 12.8. The summed E-state index contributed by atoms with van der Waals surface area (Å²) in [6, 6.07) is 15.6. The van der Waals surface area contributed by atoms with Crippen molar-refractivity contribution in [3.05, 3.63) is 65.2 Å². The lowest BCUT2D eigenvalue weighted by atomic mass is 9.96. The van der Waals surface area contributed by atoms with Crippen LogP contribution in [0, 0.1) is 12.8 Å². The number of hydrogen-bond donors (Lipinski definition) is 1. The van der Waals surface area contributed by atoms with Gasteiger partial charge in [-0.3, -0.25) is 9.59 Å². The Hall–Kier alpha value is -2.62. The third kappa shape index (κ3) is 4.76. The molecule has 1 heterocycles. The lowest BCUT2D eigenvalue weighted by molar-refractivity contribution is -0.121. The highest BCUT2D eigenvalue weighted by atomic mass is 16.2. The lowest BCUT2D eigenvalue weighted by Gasteiger charge is -2.32. The first-order valence-electron chi connectivity index (χ1n) is 9.71. The molecule has 1 aliphatic rings. The van der Waals surface area contributed by atoms with Gasteiger partial charge in [-0.25, -0.2) is 0 Å². The zero-order chi connectivity index (χ0) is 19.4. The van der Waals surface area contributed by atoms with E-state index in [0.717, 1.165) is 24.1 Å². The lowest BCUT2D eigenvalue weighted by Crippen LogP contribution is -2.43. The standard InChI is InChI=1S/C23H28N2O2/c1-16(2)18-9-11-21(12-10-18)24-22(26)20-8-5-13-25(15-20)23(27)19-7-4-6-17(3)14-19/h4,6-7,9-12,14,16,20H,5,8,13,15H2,1-3H3,(H,24,26)/t20-/m0/s1. The van der Waals surface area contributed by atoms with Crippen LogP contribution in [0.25, 0.3) is 0 Å². The smallest absolute Gasteiger partial charge is 0.253 e. The molecule has 0 bridgehead atoms. The second-order valence-corrected chi connectivity index (χ2v) is 7.73. The zero-order valence-electron chi connectivity index (χ0n) is 16.4. The number of carbonyl (C=O) groups excluding carboxylic acids is 2. The van der Waals surface area contributed by atoms with E-state index in [1.54, 1.807) is 0 Å². The Morgan fingerprint density at radius 2 is 1.85 bits per heavy atom. The Morgan fingerprint density at radius 3 is 2.52 bits per heavy atom. The summed E-state index contributed by atoms with van der Waals surface area (Å²) in [7, 11) is 0. The Balaban J connectivity index is 1.63. The van der Waals surface area contributed by atoms with E-state index < -0.39 is 0 Å². The van der Waals surface area contributed by atoms with E-state index in [1.165, 1.54) is 5.56 Å². The number of anilines is 1. The first-order chi connectivity index (χ1) is 12.9. The number of likely N-dealkylation sites (tertiary alicyclic amines) is 1. The van der Waals surface area contributed by atoms with Gasteiger partial charge in [0.15, 0.2) is 0 Å². The quantitative estimate of drug-likeness (QED) is 0.861. The number of hydrogen-bond acceptors (Lipinski definition) is 2. The molecule has 1 atom stereocenters. The molecule has 2 aromatic rings. The Bertz CT molecular complexity index is 811. The van der Waals surface area contributed by atoms with E-state index in [-0.39, 0.29) is 17.7 Å². The molecule has 1 N–H and O–H groups in total. The average Bonchev–Trinajstić information content (AvgIpc) is 2.68. The maximum atomic E-state index is 12.8. The molecule has 0 spiro atoms. The molecule has 1 fully saturated rings. The number of carbonyl (C=O) groups is 2. The topological polar surface area (TPSA) is 49.4 Å². The van der Waals surface area contributed by atoms with Crippen molar-refractivity contribution < 1.29 is 9.59 Å². The van der Waals surface area contributed by atoms with E-state index in [0.29, 0.717) is 24.6 Å². The van der Waals surface area contributed by atoms with E-state index in [1.807, 2.05) is 48.2 Å². The molecule has 0 unspecified atom stereocenters. The van der Waals surface area contributed by atoms with Crippen molar-refractivity contribution in [1.82, 2.24) is 4.90 Å². The fraction of sp³-hybridized carbons (Fsp3) is 0.391. The first kappa shape index (κ1) is 19.2. The normalized spacial score (nSPS) is 17.0. The molecule has 3 rings (SSSR count). The van der Waals surface area contributed by atoms with Gasteiger partial charge >= 0.3 is 0 Å². The molecule has 0 aromatic heterocycles. The molecular formula is C23H28N2O2. The van der Waals surface area contributed by atoms with E-state index >= 15 is 0 Å². The number of benzene rings is 2. The molecular weight excluding hydrogens is 336 g/mol. The van der Waals surface area contributed by atoms with Gasteiger partial charge in [0.05, 0.1) is 5.92 Å². The minimum atomic E-state index is -0.169. The van der Waals surface area contributed by atoms with Gasteiger partial charge in [0, 0.05) is 24.3 Å². The number of rotatable bonds is 4. The predicted molar refractivity (Wildman–Crippen MR) is 109 cm³/mol. The molecule has 1 saturated heterocycles. The average molecular weight is 364 g/mol. The number of aryl methyl sites for hydroxylation is 1. The van der Waals surface area contributed by atoms with Crippen LogP contribution < -0.4 is 5.32 Å². The highest BCUT2D eigenvalue weighted by Gasteiger charge is 2.29. The Kier molecular flexibility index (Phi) is 5.94. The van der Waals surface area contributed by atoms with Gasteiger partial charge in [0.1, 0.15) is 0 Å². The minimum absolute atomic E-state index is 0.00552. The number of nitrogens with one attached hydrogen (secondary N) is 1. The van der Waals surface area contributed by atoms with Gasteiger partial charge in [-0.15, -0.1) is 0 Å². The van der Waals surface area contributed by atoms with E-state index in [9.17, 15) is 9.59 Å². The molecule has 0 radical (unpaired) electrons. The van der Waals surface area contributed by atoms with Crippen molar-refractivity contribution in [2.45, 2.75) is 39.5 Å². The fourth-order valence-corrected chi connectivity index (χ4v) is 3.53. The highest BCUT2D eigenvalue weighted by molar-refractivity contribution is 5.96. The van der Waals surface area contributed by atoms with Crippen LogP contribution in [0.4, 0.5) is 5.69 Å². The van der Waals surface area contributed by atoms with Gasteiger partial charge in [-0.05, 0) is 55.5 Å². The third-order valence-corrected chi connectivity index (χ3v) is 5.19. The van der Waals surface area contributed by atoms with Crippen LogP contribution in [-0.2, 0) is 4.79 Å². The predicted octanol–water partition coefficient (Wildman–Crippen LogP) is 4.61. The number of piperidine rings is 1. The van der Waals surface area contributed by atoms with Gasteiger partial charge in [-0.2, -0.15) is 0 Å². The summed E-state index contributed by atoms with van der Waals surface area (Å²) < 4.78 is 0. The van der Waals surface area contributed by atoms with Gasteiger partial charge in [-0.1, -0.05) is 43.7 Å². The molecule has 0 saturated carbocycles. The van der Waals surface area contributed by atoms with Crippen LogP contribution in [0.15, 0.2) is 48.5 Å². The van der Waals surface area contributed by atoms with Crippen molar-refractivity contribution in [2.75, 3.05) is 18.4 Å². The van der Waals surface area contributed by atoms with Crippen molar-refractivity contribution in [2.24, 2.45) is 5.92 Å². The van der Waals surface area contributed by atoms with Crippen molar-refractivity contribution in [1.29, 1.82) is 0 Å². The molecule has 2 aromatic carbocycles. The van der Waals surface area contributed by atoms with Crippen LogP contribution in [0.1, 0.15) is 54.1 Å². The molecule has 1 aliphatic heterocycles. The van der Waals surface area contributed by atoms with Crippen molar-refractivity contribution in [3.8, 4) is 0 Å². The van der Waals surface area contributed by atoms with Crippen LogP contribution in [-0.4, -0.2) is 29.8 Å². The molecule has 142 valence electrons. The van der Waals surface area contributed by atoms with E-state index in [2.05, 4.69) is 31.3 Å². The summed E-state index contributed by atoms with van der Waals surface area (Å²) in [5.41, 5.74) is 3.82. The summed E-state index contributed by atoms with van der Waals surface area (Å²) in [5.74, 6) is 0.304. The van der Waals surface area contributed by atoms with Crippen LogP contribution >= 0.6 is 0 Å². The SMILES string of the molecule is Cc1cccc(C(=O)N2CCC[C@H](C(=O)Nc3ccc(C(C)C)cc3)C2)c1. The number of nitrogens with zero attached hydrogens (tertiary/aromatic N) is 1. The van der Waals surface area contributed by atoms with Crippen LogP contribution in [0.3, 0.4) is 0 Å². The largest absolute Gasteiger partial charge is 0.338 e. The Labute approximate surface area is 161 Å². The molecule has 27 heavy (non-hydrogen) atoms. The Morgan fingerprint density at radius 1 is 1.11 bits per heavy atom. The molecule has 4 heteroatoms. The van der Waals surface area contributed by atoms with Gasteiger partial charge in [0.25, 0.3) is 5.91 Å². The molecule has 4 nitrogen and oxygen atoms in total. The maximum Gasteiger partial charge on any atom is 0.253 e. The van der Waals surface area contributed by atoms with Gasteiger partial charge in [0.2, 0.25) is 5.91 Å². The van der Waals surface area contributed by atoms with Crippen molar-refractivity contribution >= 4 is 17.5 Å². The number of amides is 2. The second kappa shape index (κ2) is 8.38. The molecule has 2 amide bonds. The summed E-state index contributed by atoms with van der Waals surface area (Å²) in [5, 5.41) is 3.01. The summed E-state index contributed by atoms with van der Waals surface area (Å²) in [6.45, 7) is 7.46. The van der Waals surface area contributed by atoms with Crippen LogP contribution in [0.2, 0.25) is 0 Å². The second-order valence-electron chi connectivity index (χ2n) is 7.73. The van der Waals surface area contributed by atoms with E-state index in [4.69, 9.17) is 0 Å².